The molecule has 2 atom stereocenters. The van der Waals surface area contributed by atoms with Crippen molar-refractivity contribution in [1.82, 2.24) is 0 Å². The van der Waals surface area contributed by atoms with E-state index in [9.17, 15) is 5.11 Å². The van der Waals surface area contributed by atoms with Gasteiger partial charge in [0.05, 0.1) is 12.2 Å². The third kappa shape index (κ3) is 4.88. The molecule has 0 saturated heterocycles. The summed E-state index contributed by atoms with van der Waals surface area (Å²) >= 11 is 0. The number of methoxy groups -OCH3 is 1. The molecule has 1 aromatic rings. The molecule has 0 amide bonds. The fourth-order valence-corrected chi connectivity index (χ4v) is 1.87. The summed E-state index contributed by atoms with van der Waals surface area (Å²) in [5, 5.41) is 9.90. The van der Waals surface area contributed by atoms with Gasteiger partial charge in [-0.15, -0.1) is 0 Å². The predicted octanol–water partition coefficient (Wildman–Crippen LogP) is 3.14. The first-order valence-electron chi connectivity index (χ1n) is 6.32. The van der Waals surface area contributed by atoms with Crippen LogP contribution in [0.1, 0.15) is 44.2 Å². The number of hydrogen-bond acceptors (Lipinski definition) is 2. The van der Waals surface area contributed by atoms with Gasteiger partial charge in [0.15, 0.2) is 0 Å². The van der Waals surface area contributed by atoms with Crippen molar-refractivity contribution in [3.05, 3.63) is 35.4 Å². The van der Waals surface area contributed by atoms with Gasteiger partial charge in [0, 0.05) is 7.11 Å². The molecule has 0 aliphatic rings. The van der Waals surface area contributed by atoms with Crippen molar-refractivity contribution < 1.29 is 9.84 Å². The first kappa shape index (κ1) is 14.2. The molecule has 96 valence electrons. The minimum absolute atomic E-state index is 0.111. The van der Waals surface area contributed by atoms with Crippen LogP contribution >= 0.6 is 0 Å². The fraction of sp³-hybridized carbons (Fsp3) is 0.600. The molecule has 2 heteroatoms. The molecule has 0 aliphatic carbocycles. The van der Waals surface area contributed by atoms with Crippen molar-refractivity contribution in [3.8, 4) is 0 Å². The van der Waals surface area contributed by atoms with Crippen LogP contribution in [0.25, 0.3) is 0 Å². The van der Waals surface area contributed by atoms with Gasteiger partial charge in [-0.25, -0.2) is 0 Å². The van der Waals surface area contributed by atoms with E-state index < -0.39 is 0 Å². The number of benzene rings is 1. The maximum absolute atomic E-state index is 9.90. The van der Waals surface area contributed by atoms with Crippen LogP contribution in [0.15, 0.2) is 24.3 Å². The summed E-state index contributed by atoms with van der Waals surface area (Å²) in [5.41, 5.74) is 2.53. The second-order valence-corrected chi connectivity index (χ2v) is 5.04. The van der Waals surface area contributed by atoms with Gasteiger partial charge in [0.2, 0.25) is 0 Å². The van der Waals surface area contributed by atoms with Gasteiger partial charge in [0.1, 0.15) is 0 Å². The standard InChI is InChI=1S/C15H24O2/c1-11(2)14-7-5-13(6-8-14)10-15(16)9-12(3)17-4/h5-8,11-12,15-16H,9-10H2,1-4H3. The maximum atomic E-state index is 9.90. The second kappa shape index (κ2) is 6.77. The van der Waals surface area contributed by atoms with Crippen molar-refractivity contribution in [1.29, 1.82) is 0 Å². The van der Waals surface area contributed by atoms with E-state index in [1.807, 2.05) is 6.92 Å². The molecule has 0 aromatic heterocycles. The first-order valence-corrected chi connectivity index (χ1v) is 6.32. The Morgan fingerprint density at radius 1 is 1.12 bits per heavy atom. The van der Waals surface area contributed by atoms with E-state index in [0.29, 0.717) is 18.8 Å². The summed E-state index contributed by atoms with van der Waals surface area (Å²) in [5.74, 6) is 0.558. The largest absolute Gasteiger partial charge is 0.393 e. The van der Waals surface area contributed by atoms with E-state index in [2.05, 4.69) is 38.1 Å². The molecule has 0 radical (unpaired) electrons. The smallest absolute Gasteiger partial charge is 0.0605 e. The van der Waals surface area contributed by atoms with Crippen molar-refractivity contribution >= 4 is 0 Å². The lowest BCUT2D eigenvalue weighted by Crippen LogP contribution is -2.18. The van der Waals surface area contributed by atoms with Gasteiger partial charge in [-0.3, -0.25) is 0 Å². The zero-order valence-electron chi connectivity index (χ0n) is 11.3. The Kier molecular flexibility index (Phi) is 5.66. The molecular formula is C15H24O2. The van der Waals surface area contributed by atoms with Gasteiger partial charge in [0.25, 0.3) is 0 Å². The lowest BCUT2D eigenvalue weighted by molar-refractivity contribution is 0.0565. The zero-order valence-corrected chi connectivity index (χ0v) is 11.3. The number of hydrogen-bond donors (Lipinski definition) is 1. The highest BCUT2D eigenvalue weighted by molar-refractivity contribution is 5.25. The molecule has 1 aromatic carbocycles. The monoisotopic (exact) mass is 236 g/mol. The SMILES string of the molecule is COC(C)CC(O)Cc1ccc(C(C)C)cc1. The topological polar surface area (TPSA) is 29.5 Å². The molecule has 2 nitrogen and oxygen atoms in total. The molecule has 17 heavy (non-hydrogen) atoms. The van der Waals surface area contributed by atoms with Crippen molar-refractivity contribution in [2.75, 3.05) is 7.11 Å². The summed E-state index contributed by atoms with van der Waals surface area (Å²) in [6, 6.07) is 8.50. The van der Waals surface area contributed by atoms with Crippen LogP contribution in [0, 0.1) is 0 Å². The molecule has 0 fully saturated rings. The Balaban J connectivity index is 2.51. The molecule has 1 N–H and O–H groups in total. The molecule has 0 bridgehead atoms. The Bertz CT molecular complexity index is 316. The van der Waals surface area contributed by atoms with Crippen LogP contribution in [0.3, 0.4) is 0 Å². The van der Waals surface area contributed by atoms with E-state index in [0.717, 1.165) is 0 Å². The minimum atomic E-state index is -0.324. The molecule has 0 heterocycles. The summed E-state index contributed by atoms with van der Waals surface area (Å²) < 4.78 is 5.15. The van der Waals surface area contributed by atoms with E-state index in [1.165, 1.54) is 11.1 Å². The summed E-state index contributed by atoms with van der Waals surface area (Å²) in [4.78, 5) is 0. The van der Waals surface area contributed by atoms with Crippen LogP contribution in [0.2, 0.25) is 0 Å². The highest BCUT2D eigenvalue weighted by Crippen LogP contribution is 2.16. The number of aliphatic hydroxyl groups is 1. The third-order valence-corrected chi connectivity index (χ3v) is 3.12. The normalized spacial score (nSPS) is 14.9. The Hall–Kier alpha value is -0.860. The van der Waals surface area contributed by atoms with Gasteiger partial charge in [-0.1, -0.05) is 38.1 Å². The molecule has 0 saturated carbocycles. The van der Waals surface area contributed by atoms with E-state index in [1.54, 1.807) is 7.11 Å². The van der Waals surface area contributed by atoms with Crippen LogP contribution in [0.4, 0.5) is 0 Å². The van der Waals surface area contributed by atoms with Crippen LogP contribution < -0.4 is 0 Å². The maximum Gasteiger partial charge on any atom is 0.0605 e. The van der Waals surface area contributed by atoms with Crippen LogP contribution in [0.5, 0.6) is 0 Å². The van der Waals surface area contributed by atoms with Crippen molar-refractivity contribution in [2.45, 2.75) is 51.7 Å². The van der Waals surface area contributed by atoms with Crippen LogP contribution in [-0.4, -0.2) is 24.4 Å². The molecule has 1 rings (SSSR count). The minimum Gasteiger partial charge on any atom is -0.393 e. The average Bonchev–Trinajstić information content (AvgIpc) is 2.29. The van der Waals surface area contributed by atoms with Crippen LogP contribution in [-0.2, 0) is 11.2 Å². The summed E-state index contributed by atoms with van der Waals surface area (Å²) in [7, 11) is 1.68. The summed E-state index contributed by atoms with van der Waals surface area (Å²) in [6.45, 7) is 6.35. The van der Waals surface area contributed by atoms with Gasteiger partial charge in [-0.2, -0.15) is 0 Å². The Morgan fingerprint density at radius 2 is 1.71 bits per heavy atom. The molecular weight excluding hydrogens is 212 g/mol. The van der Waals surface area contributed by atoms with Gasteiger partial charge >= 0.3 is 0 Å². The molecule has 2 unspecified atom stereocenters. The zero-order chi connectivity index (χ0) is 12.8. The fourth-order valence-electron chi connectivity index (χ4n) is 1.87. The first-order chi connectivity index (χ1) is 8.02. The molecule has 0 aliphatic heterocycles. The van der Waals surface area contributed by atoms with Crippen molar-refractivity contribution in [3.63, 3.8) is 0 Å². The lowest BCUT2D eigenvalue weighted by atomic mass is 9.98. The van der Waals surface area contributed by atoms with E-state index >= 15 is 0 Å². The lowest BCUT2D eigenvalue weighted by Gasteiger charge is -2.15. The Labute approximate surface area is 105 Å². The van der Waals surface area contributed by atoms with Gasteiger partial charge in [-0.05, 0) is 36.8 Å². The number of ether oxygens (including phenoxy) is 1. The highest BCUT2D eigenvalue weighted by Gasteiger charge is 2.10. The highest BCUT2D eigenvalue weighted by atomic mass is 16.5. The van der Waals surface area contributed by atoms with E-state index in [-0.39, 0.29) is 12.2 Å². The third-order valence-electron chi connectivity index (χ3n) is 3.12. The predicted molar refractivity (Wildman–Crippen MR) is 71.3 cm³/mol. The quantitative estimate of drug-likeness (QED) is 0.822. The Morgan fingerprint density at radius 3 is 2.18 bits per heavy atom. The second-order valence-electron chi connectivity index (χ2n) is 5.04. The van der Waals surface area contributed by atoms with Crippen molar-refractivity contribution in [2.24, 2.45) is 0 Å². The van der Waals surface area contributed by atoms with E-state index in [4.69, 9.17) is 4.74 Å². The van der Waals surface area contributed by atoms with Gasteiger partial charge < -0.3 is 9.84 Å². The number of rotatable bonds is 6. The summed E-state index contributed by atoms with van der Waals surface area (Å²) in [6.07, 6.45) is 1.17. The number of aliphatic hydroxyl groups excluding tert-OH is 1. The average molecular weight is 236 g/mol. The molecule has 0 spiro atoms.